The number of hydrogen-bond acceptors (Lipinski definition) is 7. The van der Waals surface area contributed by atoms with Crippen LogP contribution in [-0.2, 0) is 27.8 Å². The number of nitrogens with two attached hydrogens (primary N) is 1. The summed E-state index contributed by atoms with van der Waals surface area (Å²) in [5.74, 6) is -0.827. The summed E-state index contributed by atoms with van der Waals surface area (Å²) in [7, 11) is -0.538. The molecule has 12 heteroatoms. The Kier molecular flexibility index (Phi) is 11.3. The van der Waals surface area contributed by atoms with Gasteiger partial charge in [-0.05, 0) is 71.2 Å². The first kappa shape index (κ1) is 36.9. The number of carbonyl (C=O) groups excluding carboxylic acids is 2. The zero-order valence-corrected chi connectivity index (χ0v) is 30.4. The first-order valence-electron chi connectivity index (χ1n) is 17.3. The van der Waals surface area contributed by atoms with Crippen LogP contribution < -0.4 is 5.14 Å². The third kappa shape index (κ3) is 8.97. The van der Waals surface area contributed by atoms with Crippen LogP contribution in [0.1, 0.15) is 45.8 Å². The first-order valence-corrected chi connectivity index (χ1v) is 18.9. The van der Waals surface area contributed by atoms with Crippen molar-refractivity contribution in [2.45, 2.75) is 36.6 Å². The van der Waals surface area contributed by atoms with Gasteiger partial charge in [-0.15, -0.1) is 0 Å². The third-order valence-corrected chi connectivity index (χ3v) is 10.5. The lowest BCUT2D eigenvalue weighted by Gasteiger charge is -2.34. The summed E-state index contributed by atoms with van der Waals surface area (Å²) in [6.07, 6.45) is 1.21. The van der Waals surface area contributed by atoms with Crippen LogP contribution in [0.3, 0.4) is 0 Å². The fourth-order valence-corrected chi connectivity index (χ4v) is 7.54. The molecule has 53 heavy (non-hydrogen) atoms. The number of amides is 2. The highest BCUT2D eigenvalue weighted by Crippen LogP contribution is 2.39. The van der Waals surface area contributed by atoms with Gasteiger partial charge in [0.1, 0.15) is 16.8 Å². The standard InChI is InChI=1S/C41H42N6O5S/c1-46(2)40(49)22-21-32(34(23-28-11-5-3-6-12-28)35-24-36-37(25-38(35)48)44-45-43-36)27-47(26-29-13-7-4-8-14-29)41(50)31-19-17-30(18-20-31)33-15-9-10-16-39(33)53(42,51)52/h3-20,24-25,32,34,48H,21-23,26-27H2,1-2H3,(H2,42,51,52)(H,43,44,45). The Morgan fingerprint density at radius 1 is 0.811 bits per heavy atom. The lowest BCUT2D eigenvalue weighted by molar-refractivity contribution is -0.129. The minimum absolute atomic E-state index is 0.00332. The van der Waals surface area contributed by atoms with Gasteiger partial charge in [-0.3, -0.25) is 9.59 Å². The summed E-state index contributed by atoms with van der Waals surface area (Å²) in [6, 6.07) is 36.3. The van der Waals surface area contributed by atoms with Crippen LogP contribution in [0.15, 0.2) is 126 Å². The molecule has 0 saturated carbocycles. The highest BCUT2D eigenvalue weighted by atomic mass is 32.2. The van der Waals surface area contributed by atoms with Crippen molar-refractivity contribution < 1.29 is 23.1 Å². The second-order valence-electron chi connectivity index (χ2n) is 13.4. The molecule has 0 spiro atoms. The second kappa shape index (κ2) is 16.2. The summed E-state index contributed by atoms with van der Waals surface area (Å²) < 4.78 is 24.6. The number of fused-ring (bicyclic) bond motifs is 1. The van der Waals surface area contributed by atoms with Gasteiger partial charge in [0.15, 0.2) is 0 Å². The van der Waals surface area contributed by atoms with Crippen LogP contribution in [-0.4, -0.2) is 71.2 Å². The van der Waals surface area contributed by atoms with Crippen molar-refractivity contribution in [1.82, 2.24) is 25.2 Å². The van der Waals surface area contributed by atoms with Crippen LogP contribution in [0.2, 0.25) is 0 Å². The van der Waals surface area contributed by atoms with E-state index >= 15 is 0 Å². The number of primary sulfonamides is 1. The lowest BCUT2D eigenvalue weighted by Crippen LogP contribution is -2.38. The average molecular weight is 731 g/mol. The van der Waals surface area contributed by atoms with Crippen molar-refractivity contribution in [3.05, 3.63) is 144 Å². The molecule has 6 aromatic rings. The Morgan fingerprint density at radius 3 is 2.06 bits per heavy atom. The van der Waals surface area contributed by atoms with Gasteiger partial charge < -0.3 is 14.9 Å². The van der Waals surface area contributed by atoms with Crippen molar-refractivity contribution in [2.75, 3.05) is 20.6 Å². The topological polar surface area (TPSA) is 163 Å². The zero-order chi connectivity index (χ0) is 37.5. The van der Waals surface area contributed by atoms with E-state index in [1.807, 2.05) is 66.7 Å². The van der Waals surface area contributed by atoms with Crippen molar-refractivity contribution in [1.29, 1.82) is 0 Å². The number of aromatic amines is 1. The molecule has 0 saturated heterocycles. The summed E-state index contributed by atoms with van der Waals surface area (Å²) in [4.78, 5) is 31.0. The van der Waals surface area contributed by atoms with Gasteiger partial charge in [-0.2, -0.15) is 15.4 Å². The van der Waals surface area contributed by atoms with Crippen molar-refractivity contribution in [3.8, 4) is 16.9 Å². The quantitative estimate of drug-likeness (QED) is 0.121. The van der Waals surface area contributed by atoms with Gasteiger partial charge in [0.05, 0.1) is 4.90 Å². The van der Waals surface area contributed by atoms with Crippen molar-refractivity contribution >= 4 is 32.9 Å². The van der Waals surface area contributed by atoms with E-state index in [0.717, 1.165) is 11.1 Å². The number of H-pyrrole nitrogens is 1. The number of nitrogens with zero attached hydrogens (tertiary/aromatic N) is 4. The fourth-order valence-electron chi connectivity index (χ4n) is 6.78. The Bertz CT molecular complexity index is 2290. The smallest absolute Gasteiger partial charge is 0.254 e. The van der Waals surface area contributed by atoms with Gasteiger partial charge in [0, 0.05) is 50.8 Å². The number of phenols is 1. The van der Waals surface area contributed by atoms with E-state index in [2.05, 4.69) is 15.4 Å². The number of carbonyl (C=O) groups is 2. The van der Waals surface area contributed by atoms with Gasteiger partial charge in [0.2, 0.25) is 15.9 Å². The van der Waals surface area contributed by atoms with Crippen LogP contribution in [0.5, 0.6) is 5.75 Å². The Balaban J connectivity index is 1.41. The Morgan fingerprint density at radius 2 is 1.42 bits per heavy atom. The summed E-state index contributed by atoms with van der Waals surface area (Å²) in [6.45, 7) is 0.554. The molecule has 1 heterocycles. The number of sulfonamides is 1. The molecule has 1 aromatic heterocycles. The van der Waals surface area contributed by atoms with E-state index in [-0.39, 0.29) is 47.3 Å². The summed E-state index contributed by atoms with van der Waals surface area (Å²) in [5, 5.41) is 28.0. The maximum atomic E-state index is 14.6. The Hall–Kier alpha value is -5.85. The van der Waals surface area contributed by atoms with Crippen LogP contribution in [0, 0.1) is 5.92 Å². The van der Waals surface area contributed by atoms with E-state index in [4.69, 9.17) is 5.14 Å². The molecule has 11 nitrogen and oxygen atoms in total. The number of nitrogens with one attached hydrogen (secondary N) is 1. The number of hydrogen-bond donors (Lipinski definition) is 3. The van der Waals surface area contributed by atoms with Gasteiger partial charge in [0.25, 0.3) is 5.91 Å². The molecule has 0 aliphatic heterocycles. The minimum atomic E-state index is -3.98. The van der Waals surface area contributed by atoms with E-state index < -0.39 is 10.0 Å². The predicted molar refractivity (Wildman–Crippen MR) is 204 cm³/mol. The van der Waals surface area contributed by atoms with Gasteiger partial charge >= 0.3 is 0 Å². The number of rotatable bonds is 14. The van der Waals surface area contributed by atoms with Crippen LogP contribution in [0.25, 0.3) is 22.2 Å². The molecule has 0 fully saturated rings. The van der Waals surface area contributed by atoms with Crippen LogP contribution in [0.4, 0.5) is 0 Å². The molecule has 5 aromatic carbocycles. The Labute approximate surface area is 309 Å². The average Bonchev–Trinajstić information content (AvgIpc) is 3.62. The predicted octanol–water partition coefficient (Wildman–Crippen LogP) is 6.13. The van der Waals surface area contributed by atoms with Crippen molar-refractivity contribution in [3.63, 3.8) is 0 Å². The maximum absolute atomic E-state index is 14.6. The van der Waals surface area contributed by atoms with Crippen LogP contribution >= 0.6 is 0 Å². The normalized spacial score (nSPS) is 12.7. The molecule has 4 N–H and O–H groups in total. The van der Waals surface area contributed by atoms with E-state index in [0.29, 0.717) is 52.7 Å². The minimum Gasteiger partial charge on any atom is -0.508 e. The molecule has 0 bridgehead atoms. The highest BCUT2D eigenvalue weighted by Gasteiger charge is 2.31. The third-order valence-electron chi connectivity index (χ3n) is 9.55. The number of phenolic OH excluding ortho intramolecular Hbond substituents is 1. The second-order valence-corrected chi connectivity index (χ2v) is 14.9. The molecular weight excluding hydrogens is 689 g/mol. The maximum Gasteiger partial charge on any atom is 0.254 e. The molecule has 0 aliphatic rings. The molecule has 2 amide bonds. The molecule has 0 radical (unpaired) electrons. The van der Waals surface area contributed by atoms with Gasteiger partial charge in [-0.1, -0.05) is 91.0 Å². The summed E-state index contributed by atoms with van der Waals surface area (Å²) >= 11 is 0. The molecule has 0 aliphatic carbocycles. The molecule has 2 unspecified atom stereocenters. The monoisotopic (exact) mass is 730 g/mol. The van der Waals surface area contributed by atoms with E-state index in [9.17, 15) is 23.1 Å². The highest BCUT2D eigenvalue weighted by molar-refractivity contribution is 7.89. The first-order chi connectivity index (χ1) is 25.5. The molecule has 2 atom stereocenters. The van der Waals surface area contributed by atoms with E-state index in [1.165, 1.54) is 6.07 Å². The molecular formula is C41H42N6O5S. The zero-order valence-electron chi connectivity index (χ0n) is 29.6. The molecule has 6 rings (SSSR count). The number of aromatic hydroxyl groups is 1. The largest absolute Gasteiger partial charge is 0.508 e. The number of benzene rings is 5. The SMILES string of the molecule is CN(C)C(=O)CCC(CN(Cc1ccccc1)C(=O)c1ccc(-c2ccccc2S(N)(=O)=O)cc1)C(Cc1ccccc1)c1cc2n[nH]nc2cc1O. The fraction of sp³-hybridized carbons (Fsp3) is 0.220. The van der Waals surface area contributed by atoms with E-state index in [1.54, 1.807) is 72.4 Å². The lowest BCUT2D eigenvalue weighted by atomic mass is 9.78. The summed E-state index contributed by atoms with van der Waals surface area (Å²) in [5.41, 5.74) is 5.19. The molecule has 272 valence electrons. The van der Waals surface area contributed by atoms with Crippen molar-refractivity contribution in [2.24, 2.45) is 11.1 Å². The van der Waals surface area contributed by atoms with Gasteiger partial charge in [-0.25, -0.2) is 13.6 Å². The number of aromatic nitrogens is 3.